The van der Waals surface area contributed by atoms with Crippen molar-refractivity contribution in [2.24, 2.45) is 0 Å². The number of carbonyl (C=O) groups is 1. The number of aryl methyl sites for hydroxylation is 2. The smallest absolute Gasteiger partial charge is 0.323 e. The van der Waals surface area contributed by atoms with Crippen LogP contribution in [0.3, 0.4) is 0 Å². The Bertz CT molecular complexity index is 1390. The van der Waals surface area contributed by atoms with E-state index in [2.05, 4.69) is 40.3 Å². The van der Waals surface area contributed by atoms with Crippen LogP contribution in [0, 0.1) is 6.92 Å². The van der Waals surface area contributed by atoms with Gasteiger partial charge in [-0.2, -0.15) is 0 Å². The maximum absolute atomic E-state index is 14.1. The summed E-state index contributed by atoms with van der Waals surface area (Å²) in [7, 11) is 1.63. The highest BCUT2D eigenvalue weighted by Gasteiger charge is 2.36. The fourth-order valence-electron chi connectivity index (χ4n) is 5.48. The molecule has 1 aliphatic carbocycles. The first kappa shape index (κ1) is 22.0. The van der Waals surface area contributed by atoms with Gasteiger partial charge in [-0.3, -0.25) is 0 Å². The molecule has 0 saturated carbocycles. The summed E-state index contributed by atoms with van der Waals surface area (Å²) < 4.78 is 7.87. The lowest BCUT2D eigenvalue weighted by molar-refractivity contribution is 0.194. The van der Waals surface area contributed by atoms with E-state index in [-0.39, 0.29) is 12.1 Å². The minimum Gasteiger partial charge on any atom is -0.495 e. The summed E-state index contributed by atoms with van der Waals surface area (Å²) in [5, 5.41) is 4.45. The Hall–Kier alpha value is -3.51. The van der Waals surface area contributed by atoms with Crippen LogP contribution in [0.5, 0.6) is 5.75 Å². The van der Waals surface area contributed by atoms with Crippen molar-refractivity contribution >= 4 is 23.1 Å². The van der Waals surface area contributed by atoms with Crippen LogP contribution < -0.4 is 10.1 Å². The van der Waals surface area contributed by atoms with E-state index in [9.17, 15) is 4.79 Å². The third-order valence-corrected chi connectivity index (χ3v) is 8.49. The maximum atomic E-state index is 14.1. The second-order valence-electron chi connectivity index (χ2n) is 9.37. The second-order valence-corrected chi connectivity index (χ2v) is 10.5. The molecule has 1 unspecified atom stereocenters. The Labute approximate surface area is 210 Å². The Balaban J connectivity index is 1.49. The first-order chi connectivity index (χ1) is 17.1. The minimum absolute atomic E-state index is 0.126. The summed E-state index contributed by atoms with van der Waals surface area (Å²) >= 11 is 1.91. The summed E-state index contributed by atoms with van der Waals surface area (Å²) in [5.74, 6) is 0.659. The van der Waals surface area contributed by atoms with Gasteiger partial charge >= 0.3 is 6.03 Å². The zero-order chi connectivity index (χ0) is 23.9. The number of rotatable bonds is 3. The SMILES string of the molecule is COc1ccc(C)cc1NC(=O)N1Cc2c(sc3c2CCCC3)-n2cccc2C1c1ccccc1. The van der Waals surface area contributed by atoms with Crippen molar-refractivity contribution in [1.29, 1.82) is 0 Å². The fraction of sp³-hybridized carbons (Fsp3) is 0.276. The average molecular weight is 484 g/mol. The third kappa shape index (κ3) is 3.82. The number of urea groups is 1. The first-order valence-corrected chi connectivity index (χ1v) is 13.0. The molecule has 0 spiro atoms. The third-order valence-electron chi connectivity index (χ3n) is 7.15. The first-order valence-electron chi connectivity index (χ1n) is 12.2. The number of fused-ring (bicyclic) bond motifs is 5. The Kier molecular flexibility index (Phi) is 5.61. The molecule has 0 fully saturated rings. The molecule has 4 aromatic rings. The predicted molar refractivity (Wildman–Crippen MR) is 141 cm³/mol. The van der Waals surface area contributed by atoms with E-state index in [4.69, 9.17) is 4.74 Å². The van der Waals surface area contributed by atoms with Crippen LogP contribution in [0.25, 0.3) is 5.00 Å². The van der Waals surface area contributed by atoms with E-state index < -0.39 is 0 Å². The number of hydrogen-bond donors (Lipinski definition) is 1. The van der Waals surface area contributed by atoms with Gasteiger partial charge < -0.3 is 19.5 Å². The van der Waals surface area contributed by atoms with Crippen molar-refractivity contribution in [3.8, 4) is 10.8 Å². The molecular weight excluding hydrogens is 454 g/mol. The summed E-state index contributed by atoms with van der Waals surface area (Å²) in [4.78, 5) is 17.6. The monoisotopic (exact) mass is 483 g/mol. The van der Waals surface area contributed by atoms with Gasteiger partial charge in [0.05, 0.1) is 31.1 Å². The highest BCUT2D eigenvalue weighted by atomic mass is 32.1. The summed E-state index contributed by atoms with van der Waals surface area (Å²) in [5.41, 5.74) is 6.72. The molecule has 0 saturated heterocycles. The Morgan fingerprint density at radius 3 is 2.69 bits per heavy atom. The van der Waals surface area contributed by atoms with E-state index in [1.807, 2.05) is 59.6 Å². The molecule has 2 aromatic carbocycles. The molecule has 1 atom stereocenters. The van der Waals surface area contributed by atoms with Crippen LogP contribution >= 0.6 is 11.3 Å². The summed E-state index contributed by atoms with van der Waals surface area (Å²) in [6.07, 6.45) is 6.84. The van der Waals surface area contributed by atoms with Gasteiger partial charge in [0, 0.05) is 16.6 Å². The van der Waals surface area contributed by atoms with Crippen LogP contribution in [0.15, 0.2) is 66.9 Å². The molecule has 2 aromatic heterocycles. The summed E-state index contributed by atoms with van der Waals surface area (Å²) in [6.45, 7) is 2.59. The molecule has 6 heteroatoms. The zero-order valence-electron chi connectivity index (χ0n) is 20.1. The van der Waals surface area contributed by atoms with Gasteiger partial charge in [-0.05, 0) is 73.6 Å². The normalized spacial score (nSPS) is 16.6. The Morgan fingerprint density at radius 1 is 1.03 bits per heavy atom. The number of anilines is 1. The number of benzene rings is 2. The van der Waals surface area contributed by atoms with Gasteiger partial charge in [0.2, 0.25) is 0 Å². The molecule has 0 radical (unpaired) electrons. The quantitative estimate of drug-likeness (QED) is 0.346. The van der Waals surface area contributed by atoms with Crippen molar-refractivity contribution < 1.29 is 9.53 Å². The standard InChI is InChI=1S/C29H29N3O2S/c1-19-14-15-25(34-2)23(17-19)30-29(33)32-18-22-21-11-6-7-13-26(21)35-28(22)31-16-8-12-24(31)27(32)20-9-4-3-5-10-20/h3-5,8-10,12,14-17,27H,6-7,11,13,18H2,1-2H3,(H,30,33). The van der Waals surface area contributed by atoms with E-state index in [1.54, 1.807) is 7.11 Å². The predicted octanol–water partition coefficient (Wildman–Crippen LogP) is 6.87. The topological polar surface area (TPSA) is 46.5 Å². The van der Waals surface area contributed by atoms with Crippen LogP contribution in [-0.2, 0) is 19.4 Å². The van der Waals surface area contributed by atoms with E-state index in [1.165, 1.54) is 33.8 Å². The highest BCUT2D eigenvalue weighted by Crippen LogP contribution is 2.44. The lowest BCUT2D eigenvalue weighted by atomic mass is 9.95. The number of thiophene rings is 1. The lowest BCUT2D eigenvalue weighted by Gasteiger charge is -2.31. The van der Waals surface area contributed by atoms with Crippen LogP contribution in [0.1, 0.15) is 51.7 Å². The van der Waals surface area contributed by atoms with E-state index >= 15 is 0 Å². The number of ether oxygens (including phenoxy) is 1. The number of methoxy groups -OCH3 is 1. The van der Waals surface area contributed by atoms with Crippen LogP contribution in [0.4, 0.5) is 10.5 Å². The van der Waals surface area contributed by atoms with E-state index in [0.29, 0.717) is 18.0 Å². The fourth-order valence-corrected chi connectivity index (χ4v) is 6.88. The highest BCUT2D eigenvalue weighted by molar-refractivity contribution is 7.15. The average Bonchev–Trinajstić information content (AvgIpc) is 3.46. The number of carbonyl (C=O) groups excluding carboxylic acids is 1. The minimum atomic E-state index is -0.208. The van der Waals surface area contributed by atoms with E-state index in [0.717, 1.165) is 29.7 Å². The lowest BCUT2D eigenvalue weighted by Crippen LogP contribution is -2.38. The van der Waals surface area contributed by atoms with Crippen molar-refractivity contribution in [2.75, 3.05) is 12.4 Å². The Morgan fingerprint density at radius 2 is 1.86 bits per heavy atom. The van der Waals surface area contributed by atoms with Gasteiger partial charge in [0.25, 0.3) is 0 Å². The van der Waals surface area contributed by atoms with Crippen molar-refractivity contribution in [3.63, 3.8) is 0 Å². The molecule has 2 amide bonds. The molecular formula is C29H29N3O2S. The molecule has 35 heavy (non-hydrogen) atoms. The molecule has 178 valence electrons. The molecule has 1 N–H and O–H groups in total. The number of hydrogen-bond acceptors (Lipinski definition) is 3. The molecule has 6 rings (SSSR count). The summed E-state index contributed by atoms with van der Waals surface area (Å²) in [6, 6.07) is 20.1. The van der Waals surface area contributed by atoms with Crippen LogP contribution in [-0.4, -0.2) is 22.6 Å². The molecule has 1 aliphatic heterocycles. The van der Waals surface area contributed by atoms with Crippen molar-refractivity contribution in [3.05, 3.63) is 99.7 Å². The van der Waals surface area contributed by atoms with Gasteiger partial charge in [-0.25, -0.2) is 4.79 Å². The van der Waals surface area contributed by atoms with Gasteiger partial charge in [0.15, 0.2) is 0 Å². The number of amides is 2. The second kappa shape index (κ2) is 8.93. The number of nitrogens with one attached hydrogen (secondary N) is 1. The molecule has 0 bridgehead atoms. The number of nitrogens with zero attached hydrogens (tertiary/aromatic N) is 2. The van der Waals surface area contributed by atoms with Crippen molar-refractivity contribution in [2.45, 2.75) is 45.2 Å². The molecule has 3 heterocycles. The van der Waals surface area contributed by atoms with Crippen LogP contribution in [0.2, 0.25) is 0 Å². The van der Waals surface area contributed by atoms with Gasteiger partial charge in [-0.1, -0.05) is 36.4 Å². The zero-order valence-corrected chi connectivity index (χ0v) is 20.9. The van der Waals surface area contributed by atoms with Gasteiger partial charge in [-0.15, -0.1) is 11.3 Å². The molecule has 2 aliphatic rings. The number of aromatic nitrogens is 1. The molecule has 5 nitrogen and oxygen atoms in total. The maximum Gasteiger partial charge on any atom is 0.323 e. The largest absolute Gasteiger partial charge is 0.495 e. The van der Waals surface area contributed by atoms with Crippen molar-refractivity contribution in [1.82, 2.24) is 9.47 Å². The van der Waals surface area contributed by atoms with Gasteiger partial charge in [0.1, 0.15) is 10.8 Å².